The number of carbonyl (C=O) groups excluding carboxylic acids is 2. The SMILES string of the molecule is CC(=O)c1ccc2nc(-c3nc4ccc(C(C)=O)cc4[nH]3)[nH]c2c1. The number of nitrogens with one attached hydrogen (secondary N) is 2. The van der Waals surface area contributed by atoms with E-state index in [0.717, 1.165) is 22.1 Å². The van der Waals surface area contributed by atoms with Crippen molar-refractivity contribution >= 4 is 33.6 Å². The summed E-state index contributed by atoms with van der Waals surface area (Å²) in [5.41, 5.74) is 4.35. The lowest BCUT2D eigenvalue weighted by atomic mass is 10.1. The number of H-pyrrole nitrogens is 2. The van der Waals surface area contributed by atoms with E-state index in [1.165, 1.54) is 13.8 Å². The average Bonchev–Trinajstić information content (AvgIpc) is 3.16. The third-order valence-electron chi connectivity index (χ3n) is 4.00. The van der Waals surface area contributed by atoms with Gasteiger partial charge in [0.25, 0.3) is 0 Å². The summed E-state index contributed by atoms with van der Waals surface area (Å²) in [5.74, 6) is 1.19. The number of Topliss-reactive ketones (excluding diaryl/α,β-unsaturated/α-hetero) is 2. The summed E-state index contributed by atoms with van der Waals surface area (Å²) in [6.45, 7) is 3.06. The minimum Gasteiger partial charge on any atom is -0.335 e. The molecule has 0 atom stereocenters. The zero-order chi connectivity index (χ0) is 16.8. The van der Waals surface area contributed by atoms with Gasteiger partial charge in [0.05, 0.1) is 22.1 Å². The molecule has 0 amide bonds. The second-order valence-corrected chi connectivity index (χ2v) is 5.75. The molecule has 0 aliphatic heterocycles. The number of benzene rings is 2. The first-order valence-electron chi connectivity index (χ1n) is 7.53. The van der Waals surface area contributed by atoms with E-state index in [1.54, 1.807) is 24.3 Å². The van der Waals surface area contributed by atoms with Crippen LogP contribution in [0.2, 0.25) is 0 Å². The van der Waals surface area contributed by atoms with Crippen molar-refractivity contribution in [3.8, 4) is 11.6 Å². The molecule has 0 unspecified atom stereocenters. The number of ketones is 2. The highest BCUT2D eigenvalue weighted by Gasteiger charge is 2.12. The first-order chi connectivity index (χ1) is 11.5. The summed E-state index contributed by atoms with van der Waals surface area (Å²) in [4.78, 5) is 38.4. The topological polar surface area (TPSA) is 91.5 Å². The molecule has 0 bridgehead atoms. The van der Waals surface area contributed by atoms with Crippen LogP contribution in [0.25, 0.3) is 33.7 Å². The van der Waals surface area contributed by atoms with Crippen LogP contribution >= 0.6 is 0 Å². The molecule has 2 aromatic heterocycles. The maximum absolute atomic E-state index is 11.5. The number of fused-ring (bicyclic) bond motifs is 2. The standard InChI is InChI=1S/C18H14N4O2/c1-9(23)11-3-5-13-15(7-11)21-17(19-13)18-20-14-6-4-12(10(2)24)8-16(14)22-18/h3-8H,1-2H3,(H,19,21)(H,20,22). The van der Waals surface area contributed by atoms with Crippen LogP contribution in [-0.4, -0.2) is 31.5 Å². The molecule has 0 aliphatic carbocycles. The van der Waals surface area contributed by atoms with Gasteiger partial charge < -0.3 is 9.97 Å². The number of hydrogen-bond acceptors (Lipinski definition) is 4. The minimum atomic E-state index is 0.00792. The molecular weight excluding hydrogens is 304 g/mol. The molecule has 118 valence electrons. The molecule has 0 radical (unpaired) electrons. The van der Waals surface area contributed by atoms with Gasteiger partial charge in [-0.1, -0.05) is 0 Å². The van der Waals surface area contributed by atoms with Crippen LogP contribution in [0.4, 0.5) is 0 Å². The zero-order valence-corrected chi connectivity index (χ0v) is 13.2. The Morgan fingerprint density at radius 3 is 1.54 bits per heavy atom. The Bertz CT molecular complexity index is 1030. The van der Waals surface area contributed by atoms with Gasteiger partial charge in [0.2, 0.25) is 0 Å². The van der Waals surface area contributed by atoms with Crippen molar-refractivity contribution < 1.29 is 9.59 Å². The van der Waals surface area contributed by atoms with E-state index in [9.17, 15) is 9.59 Å². The summed E-state index contributed by atoms with van der Waals surface area (Å²) < 4.78 is 0. The normalized spacial score (nSPS) is 11.2. The molecule has 0 saturated carbocycles. The minimum absolute atomic E-state index is 0.00792. The van der Waals surface area contributed by atoms with Crippen molar-refractivity contribution in [2.75, 3.05) is 0 Å². The fourth-order valence-corrected chi connectivity index (χ4v) is 2.68. The molecule has 4 rings (SSSR count). The van der Waals surface area contributed by atoms with Crippen molar-refractivity contribution in [3.63, 3.8) is 0 Å². The molecule has 0 saturated heterocycles. The largest absolute Gasteiger partial charge is 0.335 e. The number of rotatable bonds is 3. The van der Waals surface area contributed by atoms with Crippen molar-refractivity contribution in [1.29, 1.82) is 0 Å². The van der Waals surface area contributed by atoms with E-state index in [4.69, 9.17) is 0 Å². The number of hydrogen-bond donors (Lipinski definition) is 2. The monoisotopic (exact) mass is 318 g/mol. The van der Waals surface area contributed by atoms with E-state index < -0.39 is 0 Å². The fraction of sp³-hybridized carbons (Fsp3) is 0.111. The Hall–Kier alpha value is -3.28. The number of nitrogens with zero attached hydrogens (tertiary/aromatic N) is 2. The summed E-state index contributed by atoms with van der Waals surface area (Å²) in [5, 5.41) is 0. The van der Waals surface area contributed by atoms with Crippen molar-refractivity contribution in [2.45, 2.75) is 13.8 Å². The average molecular weight is 318 g/mol. The van der Waals surface area contributed by atoms with E-state index in [1.807, 2.05) is 12.1 Å². The molecule has 4 aromatic rings. The van der Waals surface area contributed by atoms with Crippen molar-refractivity contribution in [1.82, 2.24) is 19.9 Å². The predicted molar refractivity (Wildman–Crippen MR) is 91.2 cm³/mol. The Labute approximate surface area is 136 Å². The Morgan fingerprint density at radius 2 is 1.17 bits per heavy atom. The Balaban J connectivity index is 1.82. The van der Waals surface area contributed by atoms with Crippen LogP contribution in [0.5, 0.6) is 0 Å². The smallest absolute Gasteiger partial charge is 0.174 e. The number of imidazole rings is 2. The first kappa shape index (κ1) is 14.3. The molecule has 0 aliphatic rings. The van der Waals surface area contributed by atoms with Crippen LogP contribution in [0.15, 0.2) is 36.4 Å². The quantitative estimate of drug-likeness (QED) is 0.565. The van der Waals surface area contributed by atoms with Gasteiger partial charge in [0.15, 0.2) is 23.2 Å². The number of aromatic amines is 2. The van der Waals surface area contributed by atoms with Gasteiger partial charge in [-0.25, -0.2) is 9.97 Å². The number of carbonyl (C=O) groups is 2. The van der Waals surface area contributed by atoms with Gasteiger partial charge in [-0.3, -0.25) is 9.59 Å². The van der Waals surface area contributed by atoms with E-state index in [2.05, 4.69) is 19.9 Å². The molecule has 0 spiro atoms. The molecule has 2 N–H and O–H groups in total. The van der Waals surface area contributed by atoms with Crippen LogP contribution < -0.4 is 0 Å². The molecule has 2 aromatic carbocycles. The molecule has 0 fully saturated rings. The Morgan fingerprint density at radius 1 is 0.750 bits per heavy atom. The van der Waals surface area contributed by atoms with Crippen molar-refractivity contribution in [2.24, 2.45) is 0 Å². The second kappa shape index (κ2) is 5.13. The van der Waals surface area contributed by atoms with Gasteiger partial charge in [0, 0.05) is 11.1 Å². The van der Waals surface area contributed by atoms with E-state index >= 15 is 0 Å². The lowest BCUT2D eigenvalue weighted by molar-refractivity contribution is 0.100. The van der Waals surface area contributed by atoms with Gasteiger partial charge in [0.1, 0.15) is 0 Å². The zero-order valence-electron chi connectivity index (χ0n) is 13.2. The van der Waals surface area contributed by atoms with Gasteiger partial charge in [-0.2, -0.15) is 0 Å². The highest BCUT2D eigenvalue weighted by Crippen LogP contribution is 2.23. The lowest BCUT2D eigenvalue weighted by Crippen LogP contribution is -1.90. The second-order valence-electron chi connectivity index (χ2n) is 5.75. The maximum atomic E-state index is 11.5. The molecule has 24 heavy (non-hydrogen) atoms. The van der Waals surface area contributed by atoms with Gasteiger partial charge in [-0.05, 0) is 50.2 Å². The summed E-state index contributed by atoms with van der Waals surface area (Å²) in [6, 6.07) is 10.7. The molecular formula is C18H14N4O2. The highest BCUT2D eigenvalue weighted by atomic mass is 16.1. The van der Waals surface area contributed by atoms with Crippen LogP contribution in [-0.2, 0) is 0 Å². The number of aromatic nitrogens is 4. The Kier molecular flexibility index (Phi) is 3.06. The summed E-state index contributed by atoms with van der Waals surface area (Å²) >= 11 is 0. The highest BCUT2D eigenvalue weighted by molar-refractivity contribution is 5.98. The van der Waals surface area contributed by atoms with Gasteiger partial charge >= 0.3 is 0 Å². The first-order valence-corrected chi connectivity index (χ1v) is 7.53. The summed E-state index contributed by atoms with van der Waals surface area (Å²) in [6.07, 6.45) is 0. The van der Waals surface area contributed by atoms with Crippen molar-refractivity contribution in [3.05, 3.63) is 47.5 Å². The summed E-state index contributed by atoms with van der Waals surface area (Å²) in [7, 11) is 0. The van der Waals surface area contributed by atoms with Crippen LogP contribution in [0.1, 0.15) is 34.6 Å². The maximum Gasteiger partial charge on any atom is 0.174 e. The lowest BCUT2D eigenvalue weighted by Gasteiger charge is -1.93. The third-order valence-corrected chi connectivity index (χ3v) is 4.00. The predicted octanol–water partition coefficient (Wildman–Crippen LogP) is 3.51. The van der Waals surface area contributed by atoms with Crippen LogP contribution in [0.3, 0.4) is 0 Å². The molecule has 6 heteroatoms. The fourth-order valence-electron chi connectivity index (χ4n) is 2.68. The van der Waals surface area contributed by atoms with E-state index in [0.29, 0.717) is 22.8 Å². The molecule has 6 nitrogen and oxygen atoms in total. The van der Waals surface area contributed by atoms with Crippen LogP contribution in [0, 0.1) is 0 Å². The molecule has 2 heterocycles. The van der Waals surface area contributed by atoms with Gasteiger partial charge in [-0.15, -0.1) is 0 Å². The third kappa shape index (κ3) is 2.28. The van der Waals surface area contributed by atoms with E-state index in [-0.39, 0.29) is 11.6 Å².